The van der Waals surface area contributed by atoms with Crippen LogP contribution in [-0.2, 0) is 14.2 Å². The SMILES string of the molecule is CCOC(=O)OCCCOC(=O)c1cncn1C(C)c1ccccc1. The predicted molar refractivity (Wildman–Crippen MR) is 90.4 cm³/mol. The first-order valence-corrected chi connectivity index (χ1v) is 8.17. The molecule has 0 amide bonds. The second kappa shape index (κ2) is 9.46. The van der Waals surface area contributed by atoms with Gasteiger partial charge in [-0.3, -0.25) is 0 Å². The maximum atomic E-state index is 12.2. The summed E-state index contributed by atoms with van der Waals surface area (Å²) in [5.41, 5.74) is 1.44. The molecule has 7 heteroatoms. The Morgan fingerprint density at radius 2 is 1.84 bits per heavy atom. The van der Waals surface area contributed by atoms with Crippen molar-refractivity contribution in [1.29, 1.82) is 0 Å². The van der Waals surface area contributed by atoms with Crippen LogP contribution in [0.15, 0.2) is 42.9 Å². The van der Waals surface area contributed by atoms with Gasteiger partial charge in [-0.2, -0.15) is 0 Å². The van der Waals surface area contributed by atoms with E-state index in [1.807, 2.05) is 37.3 Å². The van der Waals surface area contributed by atoms with Gasteiger partial charge < -0.3 is 18.8 Å². The van der Waals surface area contributed by atoms with Crippen LogP contribution in [0.25, 0.3) is 0 Å². The average Bonchev–Trinajstić information content (AvgIpc) is 3.11. The van der Waals surface area contributed by atoms with Crippen LogP contribution < -0.4 is 0 Å². The smallest absolute Gasteiger partial charge is 0.461 e. The van der Waals surface area contributed by atoms with Gasteiger partial charge in [-0.05, 0) is 19.4 Å². The fourth-order valence-corrected chi connectivity index (χ4v) is 2.28. The third-order valence-corrected chi connectivity index (χ3v) is 3.58. The molecule has 0 saturated carbocycles. The topological polar surface area (TPSA) is 79.7 Å². The van der Waals surface area contributed by atoms with E-state index < -0.39 is 12.1 Å². The first kappa shape index (κ1) is 18.5. The first-order valence-electron chi connectivity index (χ1n) is 8.17. The number of ether oxygens (including phenoxy) is 3. The molecule has 0 spiro atoms. The van der Waals surface area contributed by atoms with Crippen molar-refractivity contribution >= 4 is 12.1 Å². The molecule has 0 N–H and O–H groups in total. The number of hydrogen-bond acceptors (Lipinski definition) is 6. The van der Waals surface area contributed by atoms with E-state index in [-0.39, 0.29) is 25.9 Å². The zero-order valence-corrected chi connectivity index (χ0v) is 14.4. The van der Waals surface area contributed by atoms with Gasteiger partial charge in [-0.15, -0.1) is 0 Å². The Bertz CT molecular complexity index is 684. The number of carbonyl (C=O) groups excluding carboxylic acids is 2. The van der Waals surface area contributed by atoms with Crippen molar-refractivity contribution in [2.45, 2.75) is 26.3 Å². The van der Waals surface area contributed by atoms with E-state index in [0.717, 1.165) is 5.56 Å². The summed E-state index contributed by atoms with van der Waals surface area (Å²) in [7, 11) is 0. The van der Waals surface area contributed by atoms with Crippen LogP contribution in [0.3, 0.4) is 0 Å². The maximum Gasteiger partial charge on any atom is 0.508 e. The summed E-state index contributed by atoms with van der Waals surface area (Å²) >= 11 is 0. The quantitative estimate of drug-likeness (QED) is 0.539. The third kappa shape index (κ3) is 5.34. The lowest BCUT2D eigenvalue weighted by molar-refractivity contribution is 0.0389. The van der Waals surface area contributed by atoms with Crippen molar-refractivity contribution < 1.29 is 23.8 Å². The van der Waals surface area contributed by atoms with Crippen molar-refractivity contribution in [2.75, 3.05) is 19.8 Å². The van der Waals surface area contributed by atoms with E-state index in [4.69, 9.17) is 9.47 Å². The number of nitrogens with zero attached hydrogens (tertiary/aromatic N) is 2. The number of benzene rings is 1. The van der Waals surface area contributed by atoms with Crippen LogP contribution in [0, 0.1) is 0 Å². The minimum atomic E-state index is -0.719. The highest BCUT2D eigenvalue weighted by atomic mass is 16.7. The molecule has 0 aliphatic heterocycles. The Hall–Kier alpha value is -2.83. The molecule has 0 saturated heterocycles. The number of esters is 1. The molecule has 1 unspecified atom stereocenters. The van der Waals surface area contributed by atoms with Gasteiger partial charge in [0.1, 0.15) is 5.69 Å². The minimum absolute atomic E-state index is 0.0432. The molecular formula is C18H22N2O5. The van der Waals surface area contributed by atoms with E-state index in [0.29, 0.717) is 12.1 Å². The molecule has 2 rings (SSSR count). The van der Waals surface area contributed by atoms with E-state index >= 15 is 0 Å². The maximum absolute atomic E-state index is 12.2. The molecule has 0 fully saturated rings. The molecule has 0 radical (unpaired) electrons. The van der Waals surface area contributed by atoms with Crippen LogP contribution in [0.5, 0.6) is 0 Å². The fourth-order valence-electron chi connectivity index (χ4n) is 2.28. The minimum Gasteiger partial charge on any atom is -0.461 e. The Labute approximate surface area is 146 Å². The molecule has 1 aromatic heterocycles. The van der Waals surface area contributed by atoms with Crippen molar-refractivity contribution in [2.24, 2.45) is 0 Å². The molecule has 1 aromatic carbocycles. The van der Waals surface area contributed by atoms with Crippen LogP contribution >= 0.6 is 0 Å². The molecule has 25 heavy (non-hydrogen) atoms. The summed E-state index contributed by atoms with van der Waals surface area (Å²) in [5.74, 6) is -0.462. The van der Waals surface area contributed by atoms with Gasteiger partial charge >= 0.3 is 12.1 Å². The van der Waals surface area contributed by atoms with Crippen molar-refractivity contribution in [3.63, 3.8) is 0 Å². The summed E-state index contributed by atoms with van der Waals surface area (Å²) in [6, 6.07) is 9.78. The Balaban J connectivity index is 1.85. The third-order valence-electron chi connectivity index (χ3n) is 3.58. The van der Waals surface area contributed by atoms with Gasteiger partial charge in [-0.25, -0.2) is 14.6 Å². The van der Waals surface area contributed by atoms with Gasteiger partial charge in [0, 0.05) is 6.42 Å². The summed E-state index contributed by atoms with van der Waals surface area (Å²) in [4.78, 5) is 27.3. The number of aromatic nitrogens is 2. The zero-order chi connectivity index (χ0) is 18.1. The summed E-state index contributed by atoms with van der Waals surface area (Å²) in [6.45, 7) is 4.22. The number of rotatable bonds is 8. The normalized spacial score (nSPS) is 11.6. The van der Waals surface area contributed by atoms with E-state index in [2.05, 4.69) is 9.72 Å². The molecule has 0 bridgehead atoms. The highest BCUT2D eigenvalue weighted by molar-refractivity contribution is 5.87. The number of hydrogen-bond donors (Lipinski definition) is 0. The highest BCUT2D eigenvalue weighted by Crippen LogP contribution is 2.19. The van der Waals surface area contributed by atoms with Crippen LogP contribution in [0.1, 0.15) is 42.4 Å². The molecule has 1 heterocycles. The molecule has 134 valence electrons. The highest BCUT2D eigenvalue weighted by Gasteiger charge is 2.18. The Kier molecular flexibility index (Phi) is 7.00. The Morgan fingerprint density at radius 3 is 2.56 bits per heavy atom. The van der Waals surface area contributed by atoms with Crippen molar-refractivity contribution in [3.8, 4) is 0 Å². The second-order valence-electron chi connectivity index (χ2n) is 5.29. The van der Waals surface area contributed by atoms with Gasteiger partial charge in [-0.1, -0.05) is 30.3 Å². The van der Waals surface area contributed by atoms with Crippen LogP contribution in [-0.4, -0.2) is 41.5 Å². The summed E-state index contributed by atoms with van der Waals surface area (Å²) in [5, 5.41) is 0. The molecule has 0 aliphatic carbocycles. The Morgan fingerprint density at radius 1 is 1.12 bits per heavy atom. The molecular weight excluding hydrogens is 324 g/mol. The van der Waals surface area contributed by atoms with Crippen molar-refractivity contribution in [3.05, 3.63) is 54.1 Å². The van der Waals surface area contributed by atoms with Gasteiger partial charge in [0.25, 0.3) is 0 Å². The van der Waals surface area contributed by atoms with Gasteiger partial charge in [0.05, 0.1) is 38.4 Å². The van der Waals surface area contributed by atoms with Gasteiger partial charge in [0.15, 0.2) is 0 Å². The van der Waals surface area contributed by atoms with Crippen LogP contribution in [0.2, 0.25) is 0 Å². The second-order valence-corrected chi connectivity index (χ2v) is 5.29. The summed E-state index contributed by atoms with van der Waals surface area (Å²) in [6.07, 6.45) is 2.77. The standard InChI is InChI=1S/C18H22N2O5/c1-3-23-18(22)25-11-7-10-24-17(21)16-12-19-13-20(16)14(2)15-8-5-4-6-9-15/h4-6,8-9,12-14H,3,7,10-11H2,1-2H3. The summed E-state index contributed by atoms with van der Waals surface area (Å²) < 4.78 is 16.4. The zero-order valence-electron chi connectivity index (χ0n) is 14.4. The van der Waals surface area contributed by atoms with E-state index in [1.165, 1.54) is 6.20 Å². The molecule has 2 aromatic rings. The first-order chi connectivity index (χ1) is 12.1. The lowest BCUT2D eigenvalue weighted by atomic mass is 10.1. The number of imidazole rings is 1. The monoisotopic (exact) mass is 346 g/mol. The van der Waals surface area contributed by atoms with E-state index in [9.17, 15) is 9.59 Å². The van der Waals surface area contributed by atoms with E-state index in [1.54, 1.807) is 17.8 Å². The molecule has 7 nitrogen and oxygen atoms in total. The van der Waals surface area contributed by atoms with Crippen molar-refractivity contribution in [1.82, 2.24) is 9.55 Å². The fraction of sp³-hybridized carbons (Fsp3) is 0.389. The van der Waals surface area contributed by atoms with Crippen LogP contribution in [0.4, 0.5) is 4.79 Å². The molecule has 1 atom stereocenters. The molecule has 0 aliphatic rings. The largest absolute Gasteiger partial charge is 0.508 e. The predicted octanol–water partition coefficient (Wildman–Crippen LogP) is 3.21. The number of carbonyl (C=O) groups is 2. The lowest BCUT2D eigenvalue weighted by Gasteiger charge is -2.16. The lowest BCUT2D eigenvalue weighted by Crippen LogP contribution is -2.17. The van der Waals surface area contributed by atoms with Gasteiger partial charge in [0.2, 0.25) is 0 Å². The average molecular weight is 346 g/mol.